The number of hydrogen-bond donors (Lipinski definition) is 2. The fourth-order valence-corrected chi connectivity index (χ4v) is 1.99. The molecular formula is C11H18INO2. The predicted octanol–water partition coefficient (Wildman–Crippen LogP) is 2.52. The monoisotopic (exact) mass is 323 g/mol. The van der Waals surface area contributed by atoms with Crippen molar-refractivity contribution >= 4 is 22.6 Å². The summed E-state index contributed by atoms with van der Waals surface area (Å²) in [6, 6.07) is 3.88. The molecule has 0 radical (unpaired) electrons. The number of nitrogens with one attached hydrogen (secondary N) is 1. The van der Waals surface area contributed by atoms with Gasteiger partial charge in [0.2, 0.25) is 0 Å². The third-order valence-electron chi connectivity index (χ3n) is 2.22. The molecule has 0 amide bonds. The van der Waals surface area contributed by atoms with Gasteiger partial charge in [-0.05, 0) is 48.1 Å². The van der Waals surface area contributed by atoms with Crippen LogP contribution < -0.4 is 5.32 Å². The summed E-state index contributed by atoms with van der Waals surface area (Å²) >= 11 is 2.14. The van der Waals surface area contributed by atoms with Crippen LogP contribution in [0.15, 0.2) is 16.5 Å². The minimum Gasteiger partial charge on any atom is -0.454 e. The van der Waals surface area contributed by atoms with Gasteiger partial charge in [-0.25, -0.2) is 0 Å². The van der Waals surface area contributed by atoms with Gasteiger partial charge in [-0.15, -0.1) is 0 Å². The summed E-state index contributed by atoms with van der Waals surface area (Å²) in [6.45, 7) is 5.19. The lowest BCUT2D eigenvalue weighted by molar-refractivity contribution is 0.0494. The van der Waals surface area contributed by atoms with Crippen molar-refractivity contribution in [2.45, 2.75) is 38.8 Å². The number of halogens is 1. The molecule has 15 heavy (non-hydrogen) atoms. The molecule has 1 aromatic heterocycles. The van der Waals surface area contributed by atoms with E-state index in [2.05, 4.69) is 34.8 Å². The molecule has 2 N–H and O–H groups in total. The van der Waals surface area contributed by atoms with Gasteiger partial charge >= 0.3 is 0 Å². The number of aliphatic hydroxyl groups is 1. The molecule has 0 saturated carbocycles. The minimum absolute atomic E-state index is 0.595. The van der Waals surface area contributed by atoms with E-state index in [1.54, 1.807) is 0 Å². The zero-order chi connectivity index (χ0) is 11.3. The first-order chi connectivity index (χ1) is 7.03. The van der Waals surface area contributed by atoms with Gasteiger partial charge in [-0.3, -0.25) is 0 Å². The molecule has 0 bridgehead atoms. The maximum atomic E-state index is 9.90. The van der Waals surface area contributed by atoms with Gasteiger partial charge < -0.3 is 14.8 Å². The molecule has 0 aliphatic heterocycles. The standard InChI is InChI=1S/C11H18INO2/c1-3-6-11(2,14)8-13-7-9-4-5-10(12)15-9/h4-5,13-14H,3,6-8H2,1-2H3. The number of rotatable bonds is 6. The third-order valence-corrected chi connectivity index (χ3v) is 2.80. The lowest BCUT2D eigenvalue weighted by atomic mass is 10.0. The Kier molecular flexibility index (Phi) is 5.08. The normalized spacial score (nSPS) is 15.2. The maximum Gasteiger partial charge on any atom is 0.164 e. The lowest BCUT2D eigenvalue weighted by Crippen LogP contribution is -2.37. The average Bonchev–Trinajstić information content (AvgIpc) is 2.51. The molecule has 0 saturated heterocycles. The highest BCUT2D eigenvalue weighted by Crippen LogP contribution is 2.12. The Balaban J connectivity index is 2.27. The summed E-state index contributed by atoms with van der Waals surface area (Å²) in [5.74, 6) is 0.909. The molecule has 0 aliphatic carbocycles. The van der Waals surface area contributed by atoms with Gasteiger partial charge in [-0.1, -0.05) is 13.3 Å². The quantitative estimate of drug-likeness (QED) is 0.791. The van der Waals surface area contributed by atoms with Crippen LogP contribution in [0, 0.1) is 3.77 Å². The highest BCUT2D eigenvalue weighted by Gasteiger charge is 2.18. The van der Waals surface area contributed by atoms with Crippen LogP contribution in [0.2, 0.25) is 0 Å². The Morgan fingerprint density at radius 3 is 2.80 bits per heavy atom. The zero-order valence-electron chi connectivity index (χ0n) is 9.22. The van der Waals surface area contributed by atoms with Gasteiger partial charge in [0.15, 0.2) is 3.77 Å². The second-order valence-electron chi connectivity index (χ2n) is 4.06. The Bertz CT molecular complexity index is 297. The van der Waals surface area contributed by atoms with Crippen molar-refractivity contribution in [3.8, 4) is 0 Å². The van der Waals surface area contributed by atoms with Gasteiger partial charge in [0, 0.05) is 6.54 Å². The first kappa shape index (κ1) is 13.0. The summed E-state index contributed by atoms with van der Waals surface area (Å²) in [7, 11) is 0. The molecule has 0 aliphatic rings. The van der Waals surface area contributed by atoms with Crippen LogP contribution in [-0.4, -0.2) is 17.3 Å². The van der Waals surface area contributed by atoms with E-state index in [0.29, 0.717) is 13.1 Å². The maximum absolute atomic E-state index is 9.90. The summed E-state index contributed by atoms with van der Waals surface area (Å²) in [6.07, 6.45) is 1.81. The Morgan fingerprint density at radius 1 is 1.53 bits per heavy atom. The molecule has 86 valence electrons. The average molecular weight is 323 g/mol. The molecule has 0 spiro atoms. The molecule has 0 fully saturated rings. The van der Waals surface area contributed by atoms with Gasteiger partial charge in [0.1, 0.15) is 5.76 Å². The largest absolute Gasteiger partial charge is 0.454 e. The SMILES string of the molecule is CCCC(C)(O)CNCc1ccc(I)o1. The summed E-state index contributed by atoms with van der Waals surface area (Å²) in [5.41, 5.74) is -0.617. The van der Waals surface area contributed by atoms with E-state index in [1.165, 1.54) is 0 Å². The van der Waals surface area contributed by atoms with Crippen LogP contribution in [-0.2, 0) is 6.54 Å². The highest BCUT2D eigenvalue weighted by atomic mass is 127. The van der Waals surface area contributed by atoms with Crippen molar-refractivity contribution in [1.82, 2.24) is 5.32 Å². The summed E-state index contributed by atoms with van der Waals surface area (Å²) in [4.78, 5) is 0. The molecular weight excluding hydrogens is 305 g/mol. The number of furan rings is 1. The highest BCUT2D eigenvalue weighted by molar-refractivity contribution is 14.1. The summed E-state index contributed by atoms with van der Waals surface area (Å²) in [5, 5.41) is 13.1. The predicted molar refractivity (Wildman–Crippen MR) is 68.7 cm³/mol. The van der Waals surface area contributed by atoms with Crippen LogP contribution in [0.4, 0.5) is 0 Å². The fourth-order valence-electron chi connectivity index (χ4n) is 1.53. The van der Waals surface area contributed by atoms with E-state index in [1.807, 2.05) is 19.1 Å². The topological polar surface area (TPSA) is 45.4 Å². The van der Waals surface area contributed by atoms with Crippen LogP contribution >= 0.6 is 22.6 Å². The molecule has 3 nitrogen and oxygen atoms in total. The van der Waals surface area contributed by atoms with Gasteiger partial charge in [0.05, 0.1) is 12.1 Å². The Labute approximate surface area is 104 Å². The third kappa shape index (κ3) is 4.99. The second-order valence-corrected chi connectivity index (χ2v) is 5.12. The zero-order valence-corrected chi connectivity index (χ0v) is 11.4. The van der Waals surface area contributed by atoms with Gasteiger partial charge in [0.25, 0.3) is 0 Å². The van der Waals surface area contributed by atoms with Gasteiger partial charge in [-0.2, -0.15) is 0 Å². The van der Waals surface area contributed by atoms with Crippen molar-refractivity contribution in [3.05, 3.63) is 21.7 Å². The van der Waals surface area contributed by atoms with E-state index in [4.69, 9.17) is 4.42 Å². The Morgan fingerprint density at radius 2 is 2.27 bits per heavy atom. The van der Waals surface area contributed by atoms with Crippen molar-refractivity contribution in [3.63, 3.8) is 0 Å². The first-order valence-electron chi connectivity index (χ1n) is 5.21. The molecule has 1 atom stereocenters. The Hall–Kier alpha value is -0.0700. The minimum atomic E-state index is -0.617. The van der Waals surface area contributed by atoms with Crippen LogP contribution in [0.25, 0.3) is 0 Å². The molecule has 0 aromatic carbocycles. The van der Waals surface area contributed by atoms with Crippen LogP contribution in [0.3, 0.4) is 0 Å². The molecule has 1 aromatic rings. The lowest BCUT2D eigenvalue weighted by Gasteiger charge is -2.22. The molecule has 1 rings (SSSR count). The van der Waals surface area contributed by atoms with E-state index < -0.39 is 5.60 Å². The summed E-state index contributed by atoms with van der Waals surface area (Å²) < 4.78 is 6.29. The van der Waals surface area contributed by atoms with E-state index in [0.717, 1.165) is 22.4 Å². The molecule has 1 unspecified atom stereocenters. The van der Waals surface area contributed by atoms with Crippen molar-refractivity contribution in [2.75, 3.05) is 6.54 Å². The van der Waals surface area contributed by atoms with Crippen LogP contribution in [0.1, 0.15) is 32.4 Å². The molecule has 1 heterocycles. The van der Waals surface area contributed by atoms with Crippen LogP contribution in [0.5, 0.6) is 0 Å². The number of hydrogen-bond acceptors (Lipinski definition) is 3. The molecule has 4 heteroatoms. The van der Waals surface area contributed by atoms with Crippen molar-refractivity contribution < 1.29 is 9.52 Å². The first-order valence-corrected chi connectivity index (χ1v) is 6.29. The second kappa shape index (κ2) is 5.86. The fraction of sp³-hybridized carbons (Fsp3) is 0.636. The van der Waals surface area contributed by atoms with E-state index in [-0.39, 0.29) is 0 Å². The van der Waals surface area contributed by atoms with Crippen molar-refractivity contribution in [2.24, 2.45) is 0 Å². The van der Waals surface area contributed by atoms with E-state index in [9.17, 15) is 5.11 Å². The van der Waals surface area contributed by atoms with E-state index >= 15 is 0 Å². The van der Waals surface area contributed by atoms with Crippen molar-refractivity contribution in [1.29, 1.82) is 0 Å². The smallest absolute Gasteiger partial charge is 0.164 e.